The lowest BCUT2D eigenvalue weighted by molar-refractivity contribution is -0.120. The fourth-order valence-electron chi connectivity index (χ4n) is 14.0. The topological polar surface area (TPSA) is 97.9 Å². The molecule has 0 radical (unpaired) electrons. The molecule has 6 heterocycles. The molecule has 11 nitrogen and oxygen atoms in total. The van der Waals surface area contributed by atoms with Crippen LogP contribution in [0.15, 0.2) is 24.3 Å². The molecule has 119 heavy (non-hydrogen) atoms. The third-order valence-electron chi connectivity index (χ3n) is 22.3. The van der Waals surface area contributed by atoms with Gasteiger partial charge in [-0.15, -0.1) is 0 Å². The Morgan fingerprint density at radius 1 is 0.437 bits per heavy atom. The molecule has 11 heteroatoms. The van der Waals surface area contributed by atoms with Crippen LogP contribution in [-0.4, -0.2) is 160 Å². The Bertz CT molecular complexity index is 2120. The highest BCUT2D eigenvalue weighted by Crippen LogP contribution is 2.32. The number of nitrogens with zero attached hydrogens (tertiary/aromatic N) is 5. The van der Waals surface area contributed by atoms with Gasteiger partial charge in [0, 0.05) is 76.9 Å². The highest BCUT2D eigenvalue weighted by atomic mass is 16.5. The summed E-state index contributed by atoms with van der Waals surface area (Å²) in [5, 5.41) is 2.91. The van der Waals surface area contributed by atoms with Crippen molar-refractivity contribution >= 4 is 17.6 Å². The molecule has 0 aromatic heterocycles. The Hall–Kier alpha value is -2.41. The molecule has 2 amide bonds. The molecule has 11 rings (SSSR count). The zero-order valence-electron chi connectivity index (χ0n) is 88.2. The number of amides is 2. The summed E-state index contributed by atoms with van der Waals surface area (Å²) in [4.78, 5) is 45.0. The highest BCUT2D eigenvalue weighted by molar-refractivity contribution is 5.98. The second kappa shape index (κ2) is 91.8. The van der Waals surface area contributed by atoms with Gasteiger partial charge in [0.1, 0.15) is 5.78 Å². The third kappa shape index (κ3) is 99.2. The van der Waals surface area contributed by atoms with E-state index in [1.165, 1.54) is 251 Å². The number of ether oxygens (including phenoxy) is 2. The number of nitrogens with one attached hydrogen (secondary N) is 1. The van der Waals surface area contributed by atoms with Crippen molar-refractivity contribution in [1.82, 2.24) is 29.8 Å². The first-order valence-electron chi connectivity index (χ1n) is 51.4. The van der Waals surface area contributed by atoms with Crippen LogP contribution < -0.4 is 5.32 Å². The number of Topliss-reactive ketones (excluding diaryl/α,β-unsaturated/α-hetero) is 1. The summed E-state index contributed by atoms with van der Waals surface area (Å²) in [6.45, 7) is 91.3. The van der Waals surface area contributed by atoms with Gasteiger partial charge in [-0.1, -0.05) is 374 Å². The van der Waals surface area contributed by atoms with Gasteiger partial charge in [0.05, 0.1) is 13.2 Å². The molecule has 4 aliphatic carbocycles. The van der Waals surface area contributed by atoms with E-state index in [-0.39, 0.29) is 17.4 Å². The fourth-order valence-corrected chi connectivity index (χ4v) is 14.0. The largest absolute Gasteiger partial charge is 0.381 e. The van der Waals surface area contributed by atoms with E-state index < -0.39 is 0 Å². The number of hydrogen-bond acceptors (Lipinski definition) is 9. The maximum atomic E-state index is 11.9. The number of carbonyl (C=O) groups is 3. The van der Waals surface area contributed by atoms with Crippen LogP contribution in [0.25, 0.3) is 0 Å². The van der Waals surface area contributed by atoms with Crippen molar-refractivity contribution in [2.24, 2.45) is 76.9 Å². The van der Waals surface area contributed by atoms with Crippen LogP contribution >= 0.6 is 0 Å². The summed E-state index contributed by atoms with van der Waals surface area (Å²) in [6, 6.07) is 7.90. The minimum atomic E-state index is -0.0556. The monoisotopic (exact) mass is 1690 g/mol. The predicted octanol–water partition coefficient (Wildman–Crippen LogP) is 31.0. The SMILES string of the molecule is C1CCCC1.C1CCCC1.C1COC1.CC.CC.CC.CC(=O)CC(C)CC(C)C.CC(=O)NC(C)(C)CC(C)C.CC(C)C1CCCC1.CC(C)CCC1CCC1.CC(C)CCN1Cc2ccccc2C1=O.CC(C)CN1CCC1.CC(C)CN1CCCCC1.CCC(C)C.CCC(C)C.CCC(C)C.CN1CCCC1.CN1CCOCC1. The van der Waals surface area contributed by atoms with Gasteiger partial charge >= 0.3 is 0 Å². The van der Waals surface area contributed by atoms with Crippen LogP contribution in [-0.2, 0) is 25.6 Å². The molecule has 1 N–H and O–H groups in total. The van der Waals surface area contributed by atoms with Gasteiger partial charge in [-0.3, -0.25) is 9.59 Å². The van der Waals surface area contributed by atoms with Crippen molar-refractivity contribution in [3.05, 3.63) is 35.4 Å². The van der Waals surface area contributed by atoms with Gasteiger partial charge in [-0.05, 0) is 220 Å². The fraction of sp³-hybridized carbons (Fsp3) is 0.917. The molecule has 716 valence electrons. The number of fused-ring (bicyclic) bond motifs is 1. The van der Waals surface area contributed by atoms with E-state index in [1.807, 2.05) is 70.7 Å². The molecule has 10 aliphatic rings. The third-order valence-corrected chi connectivity index (χ3v) is 22.3. The van der Waals surface area contributed by atoms with E-state index in [4.69, 9.17) is 9.47 Å². The van der Waals surface area contributed by atoms with E-state index >= 15 is 0 Å². The zero-order valence-corrected chi connectivity index (χ0v) is 88.2. The lowest BCUT2D eigenvalue weighted by atomic mass is 9.81. The molecule has 1 aromatic carbocycles. The normalized spacial score (nSPS) is 17.4. The minimum absolute atomic E-state index is 0.0515. The van der Waals surface area contributed by atoms with E-state index in [2.05, 4.69) is 219 Å². The molecule has 0 bridgehead atoms. The Kier molecular flexibility index (Phi) is 100. The lowest BCUT2D eigenvalue weighted by Gasteiger charge is -2.31. The van der Waals surface area contributed by atoms with Crippen LogP contribution in [0.1, 0.15) is 463 Å². The van der Waals surface area contributed by atoms with Crippen molar-refractivity contribution in [1.29, 1.82) is 0 Å². The maximum absolute atomic E-state index is 11.9. The number of hydrogen-bond donors (Lipinski definition) is 1. The van der Waals surface area contributed by atoms with Gasteiger partial charge in [0.25, 0.3) is 5.91 Å². The molecule has 6 aliphatic heterocycles. The molecule has 9 fully saturated rings. The summed E-state index contributed by atoms with van der Waals surface area (Å²) < 4.78 is 9.82. The van der Waals surface area contributed by atoms with Gasteiger partial charge in [0.2, 0.25) is 5.91 Å². The van der Waals surface area contributed by atoms with Crippen LogP contribution in [0, 0.1) is 76.9 Å². The quantitative estimate of drug-likeness (QED) is 0.129. The standard InChI is InChI=1S/C13H17NO.C9H19NO.C9H19N.C9H18O.C9H18.C8H16.C7H15N.C5H11NO.C5H11N.2C5H10.3C5H12.C3H6O.3C2H6/c1-10(2)7-8-14-9-11-5-3-4-6-12(11)13(14)15;1-7(2)6-9(4,5)10-8(3)11;1-9(2)8-10-6-4-3-5-7-10;1-7(2)5-8(3)6-9(4)10;1-8(2)6-7-9-4-3-5-9;1-7(2)8-5-3-4-6-8;1-7(2)6-8-4-3-5-8;1-6-2-4-7-5-3-6;1-6-4-2-3-5-6;2*1-2-4-5-3-1;3*1-4-5(2)3;1-2-4-3-1;3*1-2/h3-6,10H,7-9H2,1-2H3;7H,6H2,1-5H3,(H,10,11);9H,3-8H2,1-2H3;7-8H,5-6H2,1-4H3;8-9H,3-7H2,1-2H3;7-8H,3-6H2,1-2H3;7H,3-6H2,1-2H3;2-5H2,1H3;2-5H2,1H3;2*1-5H2;3*5H,4H2,1-3H3;1-3H2;3*1-2H3. The van der Waals surface area contributed by atoms with Crippen molar-refractivity contribution in [3.8, 4) is 0 Å². The predicted molar refractivity (Wildman–Crippen MR) is 537 cm³/mol. The minimum Gasteiger partial charge on any atom is -0.381 e. The second-order valence-corrected chi connectivity index (χ2v) is 40.1. The van der Waals surface area contributed by atoms with Crippen LogP contribution in [0.4, 0.5) is 0 Å². The Morgan fingerprint density at radius 3 is 1.06 bits per heavy atom. The van der Waals surface area contributed by atoms with E-state index in [0.29, 0.717) is 29.5 Å². The first-order chi connectivity index (χ1) is 56.3. The van der Waals surface area contributed by atoms with Crippen molar-refractivity contribution < 1.29 is 23.9 Å². The van der Waals surface area contributed by atoms with Gasteiger partial charge in [-0.2, -0.15) is 0 Å². The highest BCUT2D eigenvalue weighted by Gasteiger charge is 2.27. The Morgan fingerprint density at radius 2 is 0.807 bits per heavy atom. The lowest BCUT2D eigenvalue weighted by Crippen LogP contribution is -2.43. The van der Waals surface area contributed by atoms with Crippen molar-refractivity contribution in [3.63, 3.8) is 0 Å². The number of ketones is 1. The van der Waals surface area contributed by atoms with Gasteiger partial charge in [-0.25, -0.2) is 0 Å². The number of morpholine rings is 1. The smallest absolute Gasteiger partial charge is 0.254 e. The molecule has 1 aromatic rings. The average Bonchev–Trinajstić information content (AvgIpc) is 1.67. The summed E-state index contributed by atoms with van der Waals surface area (Å²) >= 11 is 0. The average molecular weight is 1690 g/mol. The molecule has 4 saturated carbocycles. The number of likely N-dealkylation sites (N-methyl/N-ethyl adjacent to an activating group) is 1. The summed E-state index contributed by atoms with van der Waals surface area (Å²) in [5.74, 6) is 11.5. The Labute approximate surface area is 751 Å². The van der Waals surface area contributed by atoms with Crippen LogP contribution in [0.3, 0.4) is 0 Å². The number of piperidine rings is 1. The van der Waals surface area contributed by atoms with Gasteiger partial charge < -0.3 is 44.1 Å². The number of carbonyl (C=O) groups excluding carboxylic acids is 3. The second-order valence-electron chi connectivity index (χ2n) is 40.1. The number of benzene rings is 1. The number of rotatable bonds is 21. The molecule has 0 spiro atoms. The van der Waals surface area contributed by atoms with E-state index in [1.54, 1.807) is 13.8 Å². The van der Waals surface area contributed by atoms with Crippen LogP contribution in [0.2, 0.25) is 0 Å². The molecular weight excluding hydrogens is 1460 g/mol. The zero-order chi connectivity index (χ0) is 92.4. The maximum Gasteiger partial charge on any atom is 0.254 e. The van der Waals surface area contributed by atoms with Gasteiger partial charge in [0.15, 0.2) is 0 Å². The molecular formula is C108H224N6O5. The summed E-state index contributed by atoms with van der Waals surface area (Å²) in [7, 11) is 4.29. The van der Waals surface area contributed by atoms with Crippen LogP contribution in [0.5, 0.6) is 0 Å². The summed E-state index contributed by atoms with van der Waals surface area (Å²) in [6.07, 6.45) is 46.2. The van der Waals surface area contributed by atoms with E-state index in [9.17, 15) is 14.4 Å². The van der Waals surface area contributed by atoms with Crippen molar-refractivity contribution in [2.45, 2.75) is 459 Å². The molecule has 5 saturated heterocycles. The van der Waals surface area contributed by atoms with Crippen molar-refractivity contribution in [2.75, 3.05) is 113 Å². The van der Waals surface area contributed by atoms with E-state index in [0.717, 1.165) is 131 Å². The Balaban J connectivity index is -0.000000228. The number of likely N-dealkylation sites (tertiary alicyclic amines) is 3. The molecule has 1 atom stereocenters. The summed E-state index contributed by atoms with van der Waals surface area (Å²) in [5.41, 5.74) is 2.01. The first kappa shape index (κ1) is 130. The first-order valence-corrected chi connectivity index (χ1v) is 51.4. The molecule has 1 unspecified atom stereocenters.